The highest BCUT2D eigenvalue weighted by molar-refractivity contribution is 5.97. The maximum atomic E-state index is 13.4. The lowest BCUT2D eigenvalue weighted by Gasteiger charge is -2.19. The van der Waals surface area contributed by atoms with Gasteiger partial charge in [-0.3, -0.25) is 0 Å². The van der Waals surface area contributed by atoms with Crippen LogP contribution in [0.5, 0.6) is 0 Å². The van der Waals surface area contributed by atoms with Gasteiger partial charge in [0, 0.05) is 32.5 Å². The Kier molecular flexibility index (Phi) is 9.65. The molecule has 1 N–H and O–H groups in total. The molecule has 12 heteroatoms. The Balaban J connectivity index is 0.989. The summed E-state index contributed by atoms with van der Waals surface area (Å²) in [5.41, 5.74) is 9.14. The highest BCUT2D eigenvalue weighted by Crippen LogP contribution is 2.32. The predicted octanol–water partition coefficient (Wildman–Crippen LogP) is 6.75. The lowest BCUT2D eigenvalue weighted by molar-refractivity contribution is -0.0987. The number of imidazole rings is 2. The molecule has 0 bridgehead atoms. The minimum absolute atomic E-state index is 0.0743. The number of para-hydroxylation sites is 2. The number of hydrogen-bond donors (Lipinski definition) is 1. The first kappa shape index (κ1) is 35.5. The number of carbonyl (C=O) groups is 2. The van der Waals surface area contributed by atoms with Crippen molar-refractivity contribution >= 4 is 34.2 Å². The van der Waals surface area contributed by atoms with E-state index in [-0.39, 0.29) is 13.2 Å². The fourth-order valence-electron chi connectivity index (χ4n) is 7.52. The molecule has 1 unspecified atom stereocenters. The number of benzene rings is 4. The largest absolute Gasteiger partial charge is 0.511 e. The van der Waals surface area contributed by atoms with Crippen LogP contribution in [0.25, 0.3) is 44.6 Å². The Morgan fingerprint density at radius 2 is 1.67 bits per heavy atom. The number of esters is 1. The average Bonchev–Trinajstić information content (AvgIpc) is 3.93. The summed E-state index contributed by atoms with van der Waals surface area (Å²) in [5.74, 6) is 1.29. The van der Waals surface area contributed by atoms with Gasteiger partial charge in [0.1, 0.15) is 30.0 Å². The van der Waals surface area contributed by atoms with Gasteiger partial charge in [0.2, 0.25) is 6.29 Å². The summed E-state index contributed by atoms with van der Waals surface area (Å²) in [5, 5.41) is 9.93. The van der Waals surface area contributed by atoms with Gasteiger partial charge in [0.25, 0.3) is 0 Å². The fourth-order valence-corrected chi connectivity index (χ4v) is 7.52. The van der Waals surface area contributed by atoms with E-state index >= 15 is 0 Å². The molecule has 8 rings (SSSR count). The summed E-state index contributed by atoms with van der Waals surface area (Å²) in [4.78, 5) is 35.9. The summed E-state index contributed by atoms with van der Waals surface area (Å²) < 4.78 is 31.5. The number of aromatic nitrogens is 4. The molecule has 54 heavy (non-hydrogen) atoms. The summed E-state index contributed by atoms with van der Waals surface area (Å²) in [6.45, 7) is 6.51. The van der Waals surface area contributed by atoms with Crippen LogP contribution < -0.4 is 0 Å². The molecule has 4 aromatic carbocycles. The maximum Gasteiger partial charge on any atom is 0.511 e. The topological polar surface area (TPSA) is 136 Å². The van der Waals surface area contributed by atoms with Crippen LogP contribution in [0.3, 0.4) is 0 Å². The van der Waals surface area contributed by atoms with Crippen LogP contribution in [-0.2, 0) is 43.7 Å². The van der Waals surface area contributed by atoms with Crippen molar-refractivity contribution in [1.82, 2.24) is 19.1 Å². The first-order valence-corrected chi connectivity index (χ1v) is 18.3. The second-order valence-electron chi connectivity index (χ2n) is 13.9. The van der Waals surface area contributed by atoms with Crippen molar-refractivity contribution in [2.24, 2.45) is 7.05 Å². The highest BCUT2D eigenvalue weighted by Gasteiger charge is 2.49. The molecule has 278 valence electrons. The smallest absolute Gasteiger partial charge is 0.426 e. The molecule has 2 fully saturated rings. The van der Waals surface area contributed by atoms with E-state index in [0.717, 1.165) is 68.8 Å². The Labute approximate surface area is 312 Å². The molecule has 0 amide bonds. The standard InChI is InChI=1S/C42H42N4O8/c1-5-10-36-44-37-24(2)19-28(40-43-31-13-8-9-14-32(31)45(40)4)20-33(37)46(36)21-26-15-17-27(18-16-26)29-11-6-7-12-30(29)41(48)52-25(3)53-42(49)54-35-23-51-38-34(47)22-50-39(35)38/h6-9,11-20,25,34-35,38-39,47H,5,10,21-23H2,1-4H3/t25?,34-,35-,38+,39+/m1/s1. The van der Waals surface area contributed by atoms with Crippen molar-refractivity contribution in [1.29, 1.82) is 0 Å². The van der Waals surface area contributed by atoms with Crippen molar-refractivity contribution in [2.45, 2.75) is 70.9 Å². The molecule has 2 aromatic heterocycles. The third-order valence-electron chi connectivity index (χ3n) is 10.2. The first-order valence-electron chi connectivity index (χ1n) is 18.3. The Morgan fingerprint density at radius 1 is 0.907 bits per heavy atom. The van der Waals surface area contributed by atoms with Crippen molar-refractivity contribution in [3.8, 4) is 22.5 Å². The zero-order valence-electron chi connectivity index (χ0n) is 30.6. The first-order chi connectivity index (χ1) is 26.2. The minimum Gasteiger partial charge on any atom is -0.426 e. The zero-order chi connectivity index (χ0) is 37.5. The van der Waals surface area contributed by atoms with E-state index < -0.39 is 42.8 Å². The van der Waals surface area contributed by atoms with Crippen LogP contribution >= 0.6 is 0 Å². The average molecular weight is 731 g/mol. The van der Waals surface area contributed by atoms with Crippen molar-refractivity contribution in [3.63, 3.8) is 0 Å². The number of fused-ring (bicyclic) bond motifs is 3. The molecule has 0 aliphatic carbocycles. The molecule has 12 nitrogen and oxygen atoms in total. The highest BCUT2D eigenvalue weighted by atomic mass is 16.8. The van der Waals surface area contributed by atoms with Crippen molar-refractivity contribution < 1.29 is 38.4 Å². The Morgan fingerprint density at radius 3 is 2.46 bits per heavy atom. The quantitative estimate of drug-likeness (QED) is 0.119. The maximum absolute atomic E-state index is 13.4. The number of aliphatic hydroxyl groups excluding tert-OH is 1. The van der Waals surface area contributed by atoms with Gasteiger partial charge >= 0.3 is 12.1 Å². The molecule has 0 saturated carbocycles. The van der Waals surface area contributed by atoms with Crippen LogP contribution in [-0.4, -0.2) is 80.3 Å². The van der Waals surface area contributed by atoms with Crippen LogP contribution in [0.2, 0.25) is 0 Å². The van der Waals surface area contributed by atoms with Gasteiger partial charge in [0.05, 0.1) is 40.8 Å². The Hall–Kier alpha value is -5.56. The predicted molar refractivity (Wildman–Crippen MR) is 201 cm³/mol. The molecule has 2 aliphatic rings. The SMILES string of the molecule is CCCc1nc2c(C)cc(-c3nc4ccccc4n3C)cc2n1Cc1ccc(-c2ccccc2C(=O)OC(C)OC(=O)O[C@@H]2CO[C@@H]3[C@H]2OC[C@H]3O)cc1. The minimum atomic E-state index is -1.23. The molecule has 0 spiro atoms. The lowest BCUT2D eigenvalue weighted by atomic mass is 9.98. The third-order valence-corrected chi connectivity index (χ3v) is 10.2. The fraction of sp³-hybridized carbons (Fsp3) is 0.333. The molecule has 2 saturated heterocycles. The van der Waals surface area contributed by atoms with Gasteiger partial charge in [0.15, 0.2) is 6.10 Å². The summed E-state index contributed by atoms with van der Waals surface area (Å²) >= 11 is 0. The summed E-state index contributed by atoms with van der Waals surface area (Å²) in [7, 11) is 2.05. The van der Waals surface area contributed by atoms with Crippen LogP contribution in [0, 0.1) is 6.92 Å². The van der Waals surface area contributed by atoms with Gasteiger partial charge in [-0.2, -0.15) is 0 Å². The molecule has 5 atom stereocenters. The second-order valence-corrected chi connectivity index (χ2v) is 13.9. The lowest BCUT2D eigenvalue weighted by Crippen LogP contribution is -2.35. The molecular weight excluding hydrogens is 688 g/mol. The second kappa shape index (κ2) is 14.7. The zero-order valence-corrected chi connectivity index (χ0v) is 30.6. The van der Waals surface area contributed by atoms with Crippen LogP contribution in [0.1, 0.15) is 47.6 Å². The molecule has 4 heterocycles. The number of nitrogens with zero attached hydrogens (tertiary/aromatic N) is 4. The number of aliphatic hydroxyl groups is 1. The van der Waals surface area contributed by atoms with Gasteiger partial charge in [-0.1, -0.05) is 61.5 Å². The van der Waals surface area contributed by atoms with E-state index in [1.54, 1.807) is 12.1 Å². The molecular formula is C42H42N4O8. The third kappa shape index (κ3) is 6.72. The van der Waals surface area contributed by atoms with E-state index in [1.807, 2.05) is 42.5 Å². The van der Waals surface area contributed by atoms with E-state index in [1.165, 1.54) is 6.92 Å². The van der Waals surface area contributed by atoms with E-state index in [9.17, 15) is 14.7 Å². The number of aryl methyl sites for hydroxylation is 3. The van der Waals surface area contributed by atoms with Crippen molar-refractivity contribution in [3.05, 3.63) is 107 Å². The summed E-state index contributed by atoms with van der Waals surface area (Å²) in [6.07, 6.45) is -3.07. The van der Waals surface area contributed by atoms with Gasteiger partial charge in [-0.25, -0.2) is 19.6 Å². The van der Waals surface area contributed by atoms with Gasteiger partial charge in [-0.05, 0) is 65.9 Å². The van der Waals surface area contributed by atoms with E-state index in [2.05, 4.69) is 60.4 Å². The number of ether oxygens (including phenoxy) is 5. The summed E-state index contributed by atoms with van der Waals surface area (Å²) in [6, 6.07) is 27.8. The normalized spacial score (nSPS) is 19.9. The number of carbonyl (C=O) groups excluding carboxylic acids is 2. The monoisotopic (exact) mass is 730 g/mol. The van der Waals surface area contributed by atoms with E-state index in [0.29, 0.717) is 17.7 Å². The molecule has 2 aliphatic heterocycles. The molecule has 6 aromatic rings. The van der Waals surface area contributed by atoms with Crippen LogP contribution in [0.15, 0.2) is 84.9 Å². The molecule has 0 radical (unpaired) electrons. The van der Waals surface area contributed by atoms with Crippen LogP contribution in [0.4, 0.5) is 4.79 Å². The Bertz CT molecular complexity index is 2350. The number of hydrogen-bond acceptors (Lipinski definition) is 10. The van der Waals surface area contributed by atoms with E-state index in [4.69, 9.17) is 33.7 Å². The number of rotatable bonds is 10. The van der Waals surface area contributed by atoms with Gasteiger partial charge < -0.3 is 37.9 Å². The van der Waals surface area contributed by atoms with Gasteiger partial charge in [-0.15, -0.1) is 0 Å². The van der Waals surface area contributed by atoms with Crippen molar-refractivity contribution in [2.75, 3.05) is 13.2 Å².